The van der Waals surface area contributed by atoms with E-state index in [1.54, 1.807) is 6.20 Å². The van der Waals surface area contributed by atoms with Crippen molar-refractivity contribution in [3.05, 3.63) is 40.8 Å². The summed E-state index contributed by atoms with van der Waals surface area (Å²) in [5, 5.41) is 6.02. The smallest absolute Gasteiger partial charge is 0.260 e. The Bertz CT molecular complexity index is 716. The second-order valence-electron chi connectivity index (χ2n) is 3.75. The van der Waals surface area contributed by atoms with Crippen LogP contribution in [-0.4, -0.2) is 15.9 Å². The molecule has 0 saturated carbocycles. The molecule has 0 unspecified atom stereocenters. The minimum Gasteiger partial charge on any atom is -0.365 e. The number of rotatable bonds is 3. The number of anilines is 2. The topological polar surface area (TPSA) is 83.8 Å². The third kappa shape index (κ3) is 1.72. The number of nitrogens with one attached hydrogen (secondary N) is 2. The second-order valence-corrected chi connectivity index (χ2v) is 4.67. The van der Waals surface area contributed by atoms with Crippen LogP contribution in [0.3, 0.4) is 0 Å². The van der Waals surface area contributed by atoms with E-state index in [4.69, 9.17) is 5.73 Å². The molecule has 0 aliphatic carbocycles. The van der Waals surface area contributed by atoms with E-state index in [1.807, 2.05) is 29.8 Å². The van der Waals surface area contributed by atoms with Crippen LogP contribution in [0.4, 0.5) is 11.4 Å². The molecule has 0 aromatic carbocycles. The van der Waals surface area contributed by atoms with Gasteiger partial charge in [0.15, 0.2) is 0 Å². The minimum atomic E-state index is -0.424. The molecule has 0 bridgehead atoms. The van der Waals surface area contributed by atoms with E-state index in [0.717, 1.165) is 22.4 Å². The number of pyridine rings is 1. The highest BCUT2D eigenvalue weighted by atomic mass is 32.1. The average molecular weight is 258 g/mol. The Balaban J connectivity index is 2.04. The first kappa shape index (κ1) is 10.8. The van der Waals surface area contributed by atoms with Gasteiger partial charge in [-0.3, -0.25) is 4.79 Å². The molecule has 0 aliphatic rings. The van der Waals surface area contributed by atoms with Crippen molar-refractivity contribution in [3.63, 3.8) is 0 Å². The molecule has 0 atom stereocenters. The van der Waals surface area contributed by atoms with Crippen LogP contribution in [0.5, 0.6) is 0 Å². The van der Waals surface area contributed by atoms with E-state index < -0.39 is 5.91 Å². The van der Waals surface area contributed by atoms with Crippen LogP contribution < -0.4 is 11.1 Å². The number of carbonyl (C=O) groups is 1. The van der Waals surface area contributed by atoms with Crippen molar-refractivity contribution in [3.8, 4) is 0 Å². The molecule has 0 saturated heterocycles. The molecule has 3 heterocycles. The third-order valence-electron chi connectivity index (χ3n) is 2.62. The van der Waals surface area contributed by atoms with Gasteiger partial charge in [-0.05, 0) is 23.6 Å². The van der Waals surface area contributed by atoms with Crippen LogP contribution in [0.2, 0.25) is 0 Å². The standard InChI is InChI=1S/C12H10N4OS/c13-11(17)10-9(3-6-18-10)16-8-2-5-15-12-7(8)1-4-14-12/h1-6H,(H2,13,17)(H2,14,15,16). The molecule has 3 rings (SSSR count). The van der Waals surface area contributed by atoms with Crippen molar-refractivity contribution in [1.29, 1.82) is 0 Å². The van der Waals surface area contributed by atoms with Crippen molar-refractivity contribution in [2.45, 2.75) is 0 Å². The number of nitrogens with zero attached hydrogens (tertiary/aromatic N) is 1. The minimum absolute atomic E-state index is 0.424. The van der Waals surface area contributed by atoms with Crippen molar-refractivity contribution in [2.75, 3.05) is 5.32 Å². The summed E-state index contributed by atoms with van der Waals surface area (Å²) in [7, 11) is 0. The number of aromatic amines is 1. The molecule has 0 fully saturated rings. The Morgan fingerprint density at radius 1 is 1.33 bits per heavy atom. The maximum Gasteiger partial charge on any atom is 0.260 e. The summed E-state index contributed by atoms with van der Waals surface area (Å²) in [6.07, 6.45) is 3.53. The zero-order chi connectivity index (χ0) is 12.5. The van der Waals surface area contributed by atoms with Gasteiger partial charge in [0.2, 0.25) is 0 Å². The molecule has 3 aromatic heterocycles. The van der Waals surface area contributed by atoms with Crippen molar-refractivity contribution in [1.82, 2.24) is 9.97 Å². The molecule has 3 aromatic rings. The van der Waals surface area contributed by atoms with Gasteiger partial charge in [-0.25, -0.2) is 4.98 Å². The quantitative estimate of drug-likeness (QED) is 0.674. The van der Waals surface area contributed by atoms with Gasteiger partial charge >= 0.3 is 0 Å². The highest BCUT2D eigenvalue weighted by molar-refractivity contribution is 7.12. The summed E-state index contributed by atoms with van der Waals surface area (Å²) >= 11 is 1.32. The molecule has 0 radical (unpaired) electrons. The van der Waals surface area contributed by atoms with E-state index in [-0.39, 0.29) is 0 Å². The first-order valence-corrected chi connectivity index (χ1v) is 6.20. The normalized spacial score (nSPS) is 10.7. The van der Waals surface area contributed by atoms with E-state index in [9.17, 15) is 4.79 Å². The van der Waals surface area contributed by atoms with Gasteiger partial charge in [0.05, 0.1) is 11.4 Å². The van der Waals surface area contributed by atoms with Crippen LogP contribution >= 0.6 is 11.3 Å². The van der Waals surface area contributed by atoms with Gasteiger partial charge in [-0.1, -0.05) is 0 Å². The lowest BCUT2D eigenvalue weighted by Gasteiger charge is -2.06. The lowest BCUT2D eigenvalue weighted by Crippen LogP contribution is -2.10. The summed E-state index contributed by atoms with van der Waals surface area (Å²) in [4.78, 5) is 19.0. The molecular formula is C12H10N4OS. The SMILES string of the molecule is NC(=O)c1sccc1Nc1ccnc2[nH]ccc12. The molecule has 0 aliphatic heterocycles. The number of hydrogen-bond donors (Lipinski definition) is 3. The maximum absolute atomic E-state index is 11.3. The molecule has 5 nitrogen and oxygen atoms in total. The fraction of sp³-hybridized carbons (Fsp3) is 0. The van der Waals surface area contributed by atoms with Crippen molar-refractivity contribution in [2.24, 2.45) is 5.73 Å². The number of fused-ring (bicyclic) bond motifs is 1. The zero-order valence-corrected chi connectivity index (χ0v) is 10.1. The Kier molecular flexibility index (Phi) is 2.49. The first-order chi connectivity index (χ1) is 8.75. The van der Waals surface area contributed by atoms with Gasteiger partial charge in [0.1, 0.15) is 10.5 Å². The monoisotopic (exact) mass is 258 g/mol. The predicted octanol–water partition coefficient (Wildman–Crippen LogP) is 2.47. The molecule has 90 valence electrons. The molecule has 1 amide bonds. The number of aromatic nitrogens is 2. The molecule has 4 N–H and O–H groups in total. The molecule has 6 heteroatoms. The molecular weight excluding hydrogens is 248 g/mol. The Morgan fingerprint density at radius 2 is 2.22 bits per heavy atom. The number of carbonyl (C=O) groups excluding carboxylic acids is 1. The number of nitrogens with two attached hydrogens (primary N) is 1. The van der Waals surface area contributed by atoms with E-state index >= 15 is 0 Å². The number of hydrogen-bond acceptors (Lipinski definition) is 4. The fourth-order valence-electron chi connectivity index (χ4n) is 1.81. The maximum atomic E-state index is 11.3. The number of thiophene rings is 1. The van der Waals surface area contributed by atoms with Gasteiger partial charge in [-0.15, -0.1) is 11.3 Å². The van der Waals surface area contributed by atoms with E-state index in [1.165, 1.54) is 11.3 Å². The van der Waals surface area contributed by atoms with E-state index in [2.05, 4.69) is 15.3 Å². The van der Waals surface area contributed by atoms with Gasteiger partial charge in [0.25, 0.3) is 5.91 Å². The Hall–Kier alpha value is -2.34. The van der Waals surface area contributed by atoms with Crippen LogP contribution in [0.1, 0.15) is 9.67 Å². The van der Waals surface area contributed by atoms with Gasteiger partial charge in [0, 0.05) is 17.8 Å². The number of amides is 1. The second kappa shape index (κ2) is 4.15. The third-order valence-corrected chi connectivity index (χ3v) is 3.55. The van der Waals surface area contributed by atoms with Gasteiger partial charge in [-0.2, -0.15) is 0 Å². The Labute approximate surface area is 107 Å². The first-order valence-electron chi connectivity index (χ1n) is 5.32. The van der Waals surface area contributed by atoms with Gasteiger partial charge < -0.3 is 16.0 Å². The zero-order valence-electron chi connectivity index (χ0n) is 9.31. The van der Waals surface area contributed by atoms with Crippen molar-refractivity contribution >= 4 is 39.7 Å². The number of primary amides is 1. The fourth-order valence-corrected chi connectivity index (χ4v) is 2.52. The molecule has 18 heavy (non-hydrogen) atoms. The highest BCUT2D eigenvalue weighted by Crippen LogP contribution is 2.28. The number of H-pyrrole nitrogens is 1. The van der Waals surface area contributed by atoms with Crippen LogP contribution in [0.25, 0.3) is 11.0 Å². The summed E-state index contributed by atoms with van der Waals surface area (Å²) in [6, 6.07) is 5.63. The van der Waals surface area contributed by atoms with E-state index in [0.29, 0.717) is 4.88 Å². The summed E-state index contributed by atoms with van der Waals surface area (Å²) < 4.78 is 0. The van der Waals surface area contributed by atoms with Crippen LogP contribution in [-0.2, 0) is 0 Å². The van der Waals surface area contributed by atoms with Crippen LogP contribution in [0.15, 0.2) is 36.0 Å². The summed E-state index contributed by atoms with van der Waals surface area (Å²) in [5.41, 5.74) is 7.73. The average Bonchev–Trinajstić information content (AvgIpc) is 2.96. The molecule has 0 spiro atoms. The summed E-state index contributed by atoms with van der Waals surface area (Å²) in [6.45, 7) is 0. The largest absolute Gasteiger partial charge is 0.365 e. The summed E-state index contributed by atoms with van der Waals surface area (Å²) in [5.74, 6) is -0.424. The predicted molar refractivity (Wildman–Crippen MR) is 72.2 cm³/mol. The lowest BCUT2D eigenvalue weighted by atomic mass is 10.2. The highest BCUT2D eigenvalue weighted by Gasteiger charge is 2.11. The van der Waals surface area contributed by atoms with Crippen LogP contribution in [0, 0.1) is 0 Å². The lowest BCUT2D eigenvalue weighted by molar-refractivity contribution is 0.100. The van der Waals surface area contributed by atoms with Crippen molar-refractivity contribution < 1.29 is 4.79 Å². The Morgan fingerprint density at radius 3 is 3.06 bits per heavy atom.